The first-order valence-electron chi connectivity index (χ1n) is 7.54. The molecule has 0 aliphatic carbocycles. The molecular formula is C15H20BrN3O2. The molecule has 2 unspecified atom stereocenters. The minimum absolute atomic E-state index is 0.139. The fourth-order valence-corrected chi connectivity index (χ4v) is 4.06. The lowest BCUT2D eigenvalue weighted by molar-refractivity contribution is -0.385. The first kappa shape index (κ1) is 14.9. The monoisotopic (exact) mass is 353 g/mol. The minimum Gasteiger partial charge on any atom is -0.310 e. The number of nitro groups is 1. The van der Waals surface area contributed by atoms with Gasteiger partial charge in [-0.05, 0) is 60.3 Å². The van der Waals surface area contributed by atoms with Gasteiger partial charge in [-0.3, -0.25) is 10.1 Å². The lowest BCUT2D eigenvalue weighted by atomic mass is 9.97. The predicted octanol–water partition coefficient (Wildman–Crippen LogP) is 3.07. The van der Waals surface area contributed by atoms with Crippen LogP contribution in [0.25, 0.3) is 0 Å². The van der Waals surface area contributed by atoms with Crippen LogP contribution < -0.4 is 5.32 Å². The largest absolute Gasteiger partial charge is 0.310 e. The number of benzene rings is 1. The summed E-state index contributed by atoms with van der Waals surface area (Å²) in [6.45, 7) is 3.12. The number of nitro benzene ring substituents is 1. The molecule has 6 heteroatoms. The second-order valence-electron chi connectivity index (χ2n) is 5.94. The molecule has 114 valence electrons. The Morgan fingerprint density at radius 1 is 1.38 bits per heavy atom. The molecule has 1 aromatic carbocycles. The highest BCUT2D eigenvalue weighted by Gasteiger charge is 2.31. The highest BCUT2D eigenvalue weighted by atomic mass is 79.9. The molecule has 0 aromatic heterocycles. The van der Waals surface area contributed by atoms with Crippen molar-refractivity contribution >= 4 is 21.6 Å². The van der Waals surface area contributed by atoms with Gasteiger partial charge in [-0.25, -0.2) is 0 Å². The number of nitrogens with zero attached hydrogens (tertiary/aromatic N) is 2. The van der Waals surface area contributed by atoms with Crippen LogP contribution in [0.2, 0.25) is 0 Å². The Morgan fingerprint density at radius 3 is 3.05 bits per heavy atom. The van der Waals surface area contributed by atoms with Crippen molar-refractivity contribution in [3.63, 3.8) is 0 Å². The van der Waals surface area contributed by atoms with Crippen molar-refractivity contribution in [3.8, 4) is 0 Å². The summed E-state index contributed by atoms with van der Waals surface area (Å²) in [5.41, 5.74) is 1.10. The zero-order valence-corrected chi connectivity index (χ0v) is 13.5. The molecule has 5 nitrogen and oxygen atoms in total. The normalized spacial score (nSPS) is 25.8. The summed E-state index contributed by atoms with van der Waals surface area (Å²) in [4.78, 5) is 13.2. The van der Waals surface area contributed by atoms with E-state index in [2.05, 4.69) is 26.1 Å². The van der Waals surface area contributed by atoms with Crippen molar-refractivity contribution in [2.75, 3.05) is 13.1 Å². The molecule has 1 aromatic rings. The Hall–Kier alpha value is -0.980. The Bertz CT molecular complexity index is 538. The molecule has 0 spiro atoms. The summed E-state index contributed by atoms with van der Waals surface area (Å²) in [6, 6.07) is 6.49. The van der Waals surface area contributed by atoms with Gasteiger partial charge in [0.25, 0.3) is 5.69 Å². The molecular weight excluding hydrogens is 334 g/mol. The smallest absolute Gasteiger partial charge is 0.283 e. The van der Waals surface area contributed by atoms with Gasteiger partial charge >= 0.3 is 0 Å². The van der Waals surface area contributed by atoms with Crippen LogP contribution in [-0.2, 0) is 6.54 Å². The van der Waals surface area contributed by atoms with Gasteiger partial charge in [-0.15, -0.1) is 0 Å². The van der Waals surface area contributed by atoms with Crippen molar-refractivity contribution in [1.82, 2.24) is 10.2 Å². The lowest BCUT2D eigenvalue weighted by Crippen LogP contribution is -2.45. The van der Waals surface area contributed by atoms with E-state index < -0.39 is 0 Å². The first-order chi connectivity index (χ1) is 10.1. The molecule has 1 N–H and O–H groups in total. The summed E-state index contributed by atoms with van der Waals surface area (Å²) in [5, 5.41) is 14.5. The van der Waals surface area contributed by atoms with Crippen LogP contribution in [0.4, 0.5) is 5.69 Å². The van der Waals surface area contributed by atoms with E-state index in [0.717, 1.165) is 11.6 Å². The van der Waals surface area contributed by atoms with Crippen LogP contribution in [0, 0.1) is 10.1 Å². The molecule has 2 atom stereocenters. The molecule has 2 aliphatic rings. The summed E-state index contributed by atoms with van der Waals surface area (Å²) in [6.07, 6.45) is 5.02. The van der Waals surface area contributed by atoms with Crippen LogP contribution >= 0.6 is 15.9 Å². The van der Waals surface area contributed by atoms with Crippen LogP contribution in [0.3, 0.4) is 0 Å². The van der Waals surface area contributed by atoms with Gasteiger partial charge in [-0.2, -0.15) is 0 Å². The number of hydrogen-bond acceptors (Lipinski definition) is 4. The van der Waals surface area contributed by atoms with E-state index >= 15 is 0 Å². The third kappa shape index (κ3) is 3.27. The summed E-state index contributed by atoms with van der Waals surface area (Å²) < 4.78 is 0.598. The van der Waals surface area contributed by atoms with Crippen molar-refractivity contribution in [2.45, 2.75) is 44.3 Å². The fraction of sp³-hybridized carbons (Fsp3) is 0.600. The van der Waals surface area contributed by atoms with Crippen LogP contribution in [0.15, 0.2) is 22.7 Å². The Balaban J connectivity index is 1.60. The summed E-state index contributed by atoms with van der Waals surface area (Å²) in [7, 11) is 0. The third-order valence-corrected chi connectivity index (χ3v) is 5.57. The Labute approximate surface area is 133 Å². The van der Waals surface area contributed by atoms with E-state index in [1.165, 1.54) is 44.8 Å². The number of hydrogen-bond donors (Lipinski definition) is 1. The minimum atomic E-state index is -0.343. The van der Waals surface area contributed by atoms with Crippen molar-refractivity contribution in [1.29, 1.82) is 0 Å². The molecule has 0 bridgehead atoms. The topological polar surface area (TPSA) is 58.4 Å². The van der Waals surface area contributed by atoms with Gasteiger partial charge in [0.1, 0.15) is 0 Å². The van der Waals surface area contributed by atoms with E-state index in [1.54, 1.807) is 6.07 Å². The average molecular weight is 354 g/mol. The van der Waals surface area contributed by atoms with Crippen LogP contribution in [0.5, 0.6) is 0 Å². The molecule has 2 heterocycles. The summed E-state index contributed by atoms with van der Waals surface area (Å²) in [5.74, 6) is 0. The van der Waals surface area contributed by atoms with E-state index in [0.29, 0.717) is 17.1 Å². The zero-order chi connectivity index (χ0) is 14.8. The summed E-state index contributed by atoms with van der Waals surface area (Å²) >= 11 is 3.36. The highest BCUT2D eigenvalue weighted by molar-refractivity contribution is 9.10. The second-order valence-corrected chi connectivity index (χ2v) is 6.73. The SMILES string of the molecule is O=[N+]([O-])c1cccc(CNC2CCN3CCCC3C2)c1Br. The Kier molecular flexibility index (Phi) is 4.57. The number of piperidine rings is 1. The van der Waals surface area contributed by atoms with E-state index in [4.69, 9.17) is 0 Å². The zero-order valence-electron chi connectivity index (χ0n) is 11.9. The average Bonchev–Trinajstić information content (AvgIpc) is 2.93. The van der Waals surface area contributed by atoms with Crippen LogP contribution in [0.1, 0.15) is 31.2 Å². The molecule has 21 heavy (non-hydrogen) atoms. The molecule has 2 aliphatic heterocycles. The number of fused-ring (bicyclic) bond motifs is 1. The van der Waals surface area contributed by atoms with Gasteiger partial charge in [0.2, 0.25) is 0 Å². The van der Waals surface area contributed by atoms with Gasteiger partial charge in [0.05, 0.1) is 9.40 Å². The predicted molar refractivity (Wildman–Crippen MR) is 85.3 cm³/mol. The molecule has 2 fully saturated rings. The maximum absolute atomic E-state index is 11.0. The molecule has 0 saturated carbocycles. The van der Waals surface area contributed by atoms with Gasteiger partial charge in [0.15, 0.2) is 0 Å². The van der Waals surface area contributed by atoms with Gasteiger partial charge < -0.3 is 10.2 Å². The lowest BCUT2D eigenvalue weighted by Gasteiger charge is -2.35. The van der Waals surface area contributed by atoms with Crippen molar-refractivity contribution in [2.24, 2.45) is 0 Å². The fourth-order valence-electron chi connectivity index (χ4n) is 3.51. The molecule has 0 radical (unpaired) electrons. The number of nitrogens with one attached hydrogen (secondary N) is 1. The standard InChI is InChI=1S/C15H20BrN3O2/c16-15-11(3-1-5-14(15)19(20)21)10-17-12-6-8-18-7-2-4-13(18)9-12/h1,3,5,12-13,17H,2,4,6-10H2. The third-order valence-electron chi connectivity index (χ3n) is 4.66. The molecule has 0 amide bonds. The first-order valence-corrected chi connectivity index (χ1v) is 8.33. The molecule has 2 saturated heterocycles. The highest BCUT2D eigenvalue weighted by Crippen LogP contribution is 2.30. The van der Waals surface area contributed by atoms with E-state index in [-0.39, 0.29) is 10.6 Å². The van der Waals surface area contributed by atoms with E-state index in [1.807, 2.05) is 6.07 Å². The van der Waals surface area contributed by atoms with Crippen molar-refractivity contribution < 1.29 is 4.92 Å². The van der Waals surface area contributed by atoms with E-state index in [9.17, 15) is 10.1 Å². The number of rotatable bonds is 4. The van der Waals surface area contributed by atoms with Crippen LogP contribution in [-0.4, -0.2) is 35.0 Å². The van der Waals surface area contributed by atoms with Gasteiger partial charge in [0, 0.05) is 24.7 Å². The quantitative estimate of drug-likeness (QED) is 0.667. The maximum atomic E-state index is 11.0. The maximum Gasteiger partial charge on any atom is 0.283 e. The Morgan fingerprint density at radius 2 is 2.24 bits per heavy atom. The molecule has 3 rings (SSSR count). The second kappa shape index (κ2) is 6.42. The van der Waals surface area contributed by atoms with Gasteiger partial charge in [-0.1, -0.05) is 12.1 Å². The number of halogens is 1. The van der Waals surface area contributed by atoms with Crippen molar-refractivity contribution in [3.05, 3.63) is 38.3 Å².